The number of nitrogens with zero attached hydrogens (tertiary/aromatic N) is 2. The Bertz CT molecular complexity index is 1280. The van der Waals surface area contributed by atoms with E-state index in [1.54, 1.807) is 11.0 Å². The highest BCUT2D eigenvalue weighted by molar-refractivity contribution is 5.91. The maximum atomic E-state index is 14.4. The van der Waals surface area contributed by atoms with E-state index in [1.807, 2.05) is 33.8 Å². The Labute approximate surface area is 237 Å². The lowest BCUT2D eigenvalue weighted by Gasteiger charge is -2.41. The van der Waals surface area contributed by atoms with Gasteiger partial charge in [0.1, 0.15) is 11.4 Å². The van der Waals surface area contributed by atoms with E-state index in [1.165, 1.54) is 11.6 Å². The first-order valence-corrected chi connectivity index (χ1v) is 14.8. The molecule has 2 atom stereocenters. The van der Waals surface area contributed by atoms with Crippen LogP contribution in [0.3, 0.4) is 0 Å². The van der Waals surface area contributed by atoms with Crippen molar-refractivity contribution in [3.05, 3.63) is 58.9 Å². The summed E-state index contributed by atoms with van der Waals surface area (Å²) in [6.07, 6.45) is 2.69. The van der Waals surface area contributed by atoms with E-state index in [0.717, 1.165) is 54.9 Å². The molecule has 5 rings (SSSR count). The molecule has 216 valence electrons. The molecule has 0 aromatic heterocycles. The van der Waals surface area contributed by atoms with Gasteiger partial charge in [-0.2, -0.15) is 0 Å². The van der Waals surface area contributed by atoms with Crippen LogP contribution < -0.4 is 9.80 Å². The number of rotatable bonds is 5. The zero-order chi connectivity index (χ0) is 28.8. The molecule has 3 aliphatic rings. The first-order chi connectivity index (χ1) is 18.9. The Kier molecular flexibility index (Phi) is 7.62. The molecule has 0 radical (unpaired) electrons. The van der Waals surface area contributed by atoms with Crippen molar-refractivity contribution in [1.82, 2.24) is 0 Å². The van der Waals surface area contributed by atoms with E-state index in [9.17, 15) is 14.0 Å². The predicted molar refractivity (Wildman–Crippen MR) is 156 cm³/mol. The molecular weight excluding hydrogens is 507 g/mol. The van der Waals surface area contributed by atoms with Crippen molar-refractivity contribution in [2.75, 3.05) is 36.0 Å². The molecule has 6 nitrogen and oxygen atoms in total. The molecule has 1 saturated heterocycles. The van der Waals surface area contributed by atoms with Crippen molar-refractivity contribution >= 4 is 23.4 Å². The molecule has 0 saturated carbocycles. The smallest absolute Gasteiger partial charge is 0.414 e. The quantitative estimate of drug-likeness (QED) is 0.366. The van der Waals surface area contributed by atoms with Crippen molar-refractivity contribution in [3.8, 4) is 0 Å². The Balaban J connectivity index is 1.36. The molecule has 40 heavy (non-hydrogen) atoms. The zero-order valence-electron chi connectivity index (χ0n) is 24.8. The molecule has 2 heterocycles. The number of ether oxygens (including phenoxy) is 2. The van der Waals surface area contributed by atoms with E-state index < -0.39 is 5.60 Å². The van der Waals surface area contributed by atoms with Crippen LogP contribution in [0.4, 0.5) is 20.6 Å². The van der Waals surface area contributed by atoms with Crippen LogP contribution in [0, 0.1) is 11.7 Å². The lowest BCUT2D eigenvalue weighted by Crippen LogP contribution is -2.41. The van der Waals surface area contributed by atoms with Gasteiger partial charge in [-0.15, -0.1) is 0 Å². The van der Waals surface area contributed by atoms with Crippen molar-refractivity contribution in [2.24, 2.45) is 5.92 Å². The van der Waals surface area contributed by atoms with Crippen LogP contribution in [0.1, 0.15) is 95.8 Å². The van der Waals surface area contributed by atoms with Gasteiger partial charge >= 0.3 is 12.1 Å². The fraction of sp³-hybridized carbons (Fsp3) is 0.576. The highest BCUT2D eigenvalue weighted by Crippen LogP contribution is 2.53. The van der Waals surface area contributed by atoms with Crippen molar-refractivity contribution in [2.45, 2.75) is 90.1 Å². The van der Waals surface area contributed by atoms with Crippen LogP contribution >= 0.6 is 0 Å². The summed E-state index contributed by atoms with van der Waals surface area (Å²) >= 11 is 0. The van der Waals surface area contributed by atoms with E-state index in [4.69, 9.17) is 9.47 Å². The molecule has 0 N–H and O–H groups in total. The normalized spacial score (nSPS) is 21.5. The molecule has 1 amide bonds. The molecule has 1 spiro atoms. The summed E-state index contributed by atoms with van der Waals surface area (Å²) in [5.74, 6) is 0.284. The average Bonchev–Trinajstić information content (AvgIpc) is 3.39. The van der Waals surface area contributed by atoms with Gasteiger partial charge in [-0.3, -0.25) is 9.69 Å². The third kappa shape index (κ3) is 5.44. The number of benzene rings is 2. The maximum absolute atomic E-state index is 14.4. The van der Waals surface area contributed by atoms with E-state index >= 15 is 0 Å². The number of piperidine rings is 1. The minimum absolute atomic E-state index is 0.0619. The molecule has 1 fully saturated rings. The SMILES string of the molecule is CCOC(=O)C[C@@H]1CC2(CCN(c3ccc4c(c3)C(C(C)C)CN4C(=O)OC(C)(C)C)CC2)c2cc(F)ccc21. The number of halogens is 1. The fourth-order valence-corrected chi connectivity index (χ4v) is 7.04. The second-order valence-electron chi connectivity index (χ2n) is 13.1. The Morgan fingerprint density at radius 3 is 2.45 bits per heavy atom. The van der Waals surface area contributed by atoms with E-state index in [2.05, 4.69) is 36.9 Å². The fourth-order valence-electron chi connectivity index (χ4n) is 7.04. The predicted octanol–water partition coefficient (Wildman–Crippen LogP) is 7.30. The van der Waals surface area contributed by atoms with Crippen molar-refractivity contribution < 1.29 is 23.5 Å². The maximum Gasteiger partial charge on any atom is 0.414 e. The summed E-state index contributed by atoms with van der Waals surface area (Å²) in [5.41, 5.74) is 4.79. The van der Waals surface area contributed by atoms with Gasteiger partial charge in [-0.25, -0.2) is 9.18 Å². The number of hydrogen-bond donors (Lipinski definition) is 0. The van der Waals surface area contributed by atoms with E-state index in [-0.39, 0.29) is 35.1 Å². The van der Waals surface area contributed by atoms with Crippen LogP contribution in [0.25, 0.3) is 0 Å². The van der Waals surface area contributed by atoms with Gasteiger partial charge < -0.3 is 14.4 Å². The number of fused-ring (bicyclic) bond motifs is 3. The monoisotopic (exact) mass is 550 g/mol. The molecule has 1 unspecified atom stereocenters. The van der Waals surface area contributed by atoms with Gasteiger partial charge in [-0.1, -0.05) is 19.9 Å². The highest BCUT2D eigenvalue weighted by atomic mass is 19.1. The second-order valence-corrected chi connectivity index (χ2v) is 13.1. The summed E-state index contributed by atoms with van der Waals surface area (Å²) in [4.78, 5) is 29.6. The molecule has 0 bridgehead atoms. The molecule has 2 aromatic carbocycles. The van der Waals surface area contributed by atoms with E-state index in [0.29, 0.717) is 25.5 Å². The van der Waals surface area contributed by atoms with Crippen molar-refractivity contribution in [3.63, 3.8) is 0 Å². The highest BCUT2D eigenvalue weighted by Gasteiger charge is 2.46. The van der Waals surface area contributed by atoms with Gasteiger partial charge in [0.25, 0.3) is 0 Å². The van der Waals surface area contributed by atoms with Crippen LogP contribution in [0.15, 0.2) is 36.4 Å². The Morgan fingerprint density at radius 1 is 1.07 bits per heavy atom. The summed E-state index contributed by atoms with van der Waals surface area (Å²) in [6.45, 7) is 14.6. The molecule has 2 aliphatic heterocycles. The first kappa shape index (κ1) is 28.4. The second kappa shape index (κ2) is 10.7. The number of anilines is 2. The Hall–Kier alpha value is -3.09. The van der Waals surface area contributed by atoms with Gasteiger partial charge in [0.2, 0.25) is 0 Å². The van der Waals surface area contributed by atoms with Crippen LogP contribution in [0.2, 0.25) is 0 Å². The van der Waals surface area contributed by atoms with Crippen LogP contribution in [-0.2, 0) is 19.7 Å². The summed E-state index contributed by atoms with van der Waals surface area (Å²) < 4.78 is 25.4. The standard InChI is InChI=1S/C33H43FN2O4/c1-7-39-30(37)16-22-19-33(28-17-23(34)8-10-25(22)28)12-14-35(15-13-33)24-9-11-29-26(18-24)27(21(2)3)20-36(29)31(38)40-32(4,5)6/h8-11,17-18,21-22,27H,7,12-16,19-20H2,1-6H3/t22-,27?/m1/s1. The Morgan fingerprint density at radius 2 is 1.80 bits per heavy atom. The average molecular weight is 551 g/mol. The minimum atomic E-state index is -0.548. The summed E-state index contributed by atoms with van der Waals surface area (Å²) in [6, 6.07) is 11.5. The largest absolute Gasteiger partial charge is 0.466 e. The first-order valence-electron chi connectivity index (χ1n) is 14.8. The van der Waals surface area contributed by atoms with Crippen LogP contribution in [-0.4, -0.2) is 43.9 Å². The molecule has 2 aromatic rings. The lowest BCUT2D eigenvalue weighted by atomic mass is 9.73. The molecular formula is C33H43FN2O4. The number of amides is 1. The van der Waals surface area contributed by atoms with Gasteiger partial charge in [-0.05, 0) is 111 Å². The molecule has 1 aliphatic carbocycles. The van der Waals surface area contributed by atoms with Gasteiger partial charge in [0.05, 0.1) is 18.7 Å². The lowest BCUT2D eigenvalue weighted by molar-refractivity contribution is -0.143. The third-order valence-electron chi connectivity index (χ3n) is 8.97. The zero-order valence-corrected chi connectivity index (χ0v) is 24.8. The number of esters is 1. The minimum Gasteiger partial charge on any atom is -0.466 e. The number of hydrogen-bond acceptors (Lipinski definition) is 5. The molecule has 7 heteroatoms. The summed E-state index contributed by atoms with van der Waals surface area (Å²) in [7, 11) is 0. The van der Waals surface area contributed by atoms with Crippen molar-refractivity contribution in [1.29, 1.82) is 0 Å². The van der Waals surface area contributed by atoms with Gasteiger partial charge in [0, 0.05) is 31.2 Å². The third-order valence-corrected chi connectivity index (χ3v) is 8.97. The summed E-state index contributed by atoms with van der Waals surface area (Å²) in [5, 5.41) is 0. The van der Waals surface area contributed by atoms with Crippen LogP contribution in [0.5, 0.6) is 0 Å². The number of carbonyl (C=O) groups excluding carboxylic acids is 2. The number of carbonyl (C=O) groups is 2. The van der Waals surface area contributed by atoms with Gasteiger partial charge in [0.15, 0.2) is 0 Å². The topological polar surface area (TPSA) is 59.1 Å².